The van der Waals surface area contributed by atoms with Crippen molar-refractivity contribution in [1.82, 2.24) is 15.3 Å². The summed E-state index contributed by atoms with van der Waals surface area (Å²) in [6.45, 7) is 1.71. The summed E-state index contributed by atoms with van der Waals surface area (Å²) in [5.74, 6) is 0.946. The van der Waals surface area contributed by atoms with Gasteiger partial charge in [0.15, 0.2) is 5.69 Å². The fraction of sp³-hybridized carbons (Fsp3) is 0.105. The number of amidine groups is 1. The first kappa shape index (κ1) is 15.9. The Morgan fingerprint density at radius 2 is 1.88 bits per heavy atom. The zero-order valence-electron chi connectivity index (χ0n) is 14.0. The van der Waals surface area contributed by atoms with Crippen LogP contribution in [0.25, 0.3) is 11.5 Å². The number of benzene rings is 1. The van der Waals surface area contributed by atoms with E-state index in [0.717, 1.165) is 11.3 Å². The van der Waals surface area contributed by atoms with Gasteiger partial charge < -0.3 is 9.73 Å². The highest BCUT2D eigenvalue weighted by Crippen LogP contribution is 2.21. The first-order valence-corrected chi connectivity index (χ1v) is 8.10. The number of rotatable bonds is 3. The minimum atomic E-state index is -0.371. The third-order valence-corrected chi connectivity index (χ3v) is 3.88. The molecule has 7 nitrogen and oxygen atoms in total. The van der Waals surface area contributed by atoms with E-state index in [1.807, 2.05) is 48.5 Å². The molecule has 0 radical (unpaired) electrons. The van der Waals surface area contributed by atoms with Crippen LogP contribution in [0.15, 0.2) is 69.3 Å². The number of nitrogens with zero attached hydrogens (tertiary/aromatic N) is 4. The summed E-state index contributed by atoms with van der Waals surface area (Å²) in [7, 11) is 0. The maximum atomic E-state index is 12.5. The van der Waals surface area contributed by atoms with Crippen molar-refractivity contribution in [1.29, 1.82) is 0 Å². The molecule has 0 saturated carbocycles. The van der Waals surface area contributed by atoms with Gasteiger partial charge in [0, 0.05) is 11.8 Å². The van der Waals surface area contributed by atoms with E-state index >= 15 is 0 Å². The van der Waals surface area contributed by atoms with Gasteiger partial charge in [-0.05, 0) is 31.2 Å². The summed E-state index contributed by atoms with van der Waals surface area (Å²) in [5, 5.41) is 10.9. The molecule has 0 atom stereocenters. The molecule has 0 fully saturated rings. The molecule has 0 aliphatic carbocycles. The highest BCUT2D eigenvalue weighted by molar-refractivity contribution is 6.18. The first-order chi connectivity index (χ1) is 12.7. The van der Waals surface area contributed by atoms with Crippen molar-refractivity contribution in [3.63, 3.8) is 0 Å². The smallest absolute Gasteiger partial charge is 0.278 e. The van der Waals surface area contributed by atoms with Gasteiger partial charge in [-0.15, -0.1) is 5.10 Å². The number of hydrogen-bond acceptors (Lipinski definition) is 6. The van der Waals surface area contributed by atoms with Crippen LogP contribution in [-0.2, 0) is 0 Å². The van der Waals surface area contributed by atoms with Crippen LogP contribution < -0.4 is 5.32 Å². The molecule has 3 heterocycles. The molecule has 1 amide bonds. The van der Waals surface area contributed by atoms with Gasteiger partial charge in [0.05, 0.1) is 17.8 Å². The monoisotopic (exact) mass is 345 g/mol. The van der Waals surface area contributed by atoms with Crippen molar-refractivity contribution in [3.8, 4) is 11.5 Å². The van der Waals surface area contributed by atoms with Gasteiger partial charge in [-0.1, -0.05) is 24.3 Å². The lowest BCUT2D eigenvalue weighted by atomic mass is 10.2. The van der Waals surface area contributed by atoms with E-state index in [4.69, 9.17) is 4.42 Å². The van der Waals surface area contributed by atoms with Crippen LogP contribution in [-0.4, -0.2) is 27.4 Å². The fourth-order valence-corrected chi connectivity index (χ4v) is 2.60. The Hall–Kier alpha value is -3.61. The molecule has 128 valence electrons. The summed E-state index contributed by atoms with van der Waals surface area (Å²) in [6, 6.07) is 15.0. The lowest BCUT2D eigenvalue weighted by molar-refractivity contribution is 0.0971. The largest absolute Gasteiger partial charge is 0.441 e. The second-order valence-electron chi connectivity index (χ2n) is 5.73. The van der Waals surface area contributed by atoms with Crippen LogP contribution in [0.2, 0.25) is 0 Å². The molecule has 26 heavy (non-hydrogen) atoms. The van der Waals surface area contributed by atoms with Crippen molar-refractivity contribution in [2.24, 2.45) is 10.2 Å². The Labute approximate surface area is 149 Å². The van der Waals surface area contributed by atoms with Crippen LogP contribution in [0.4, 0.5) is 0 Å². The van der Waals surface area contributed by atoms with Crippen molar-refractivity contribution in [2.45, 2.75) is 13.3 Å². The number of oxazole rings is 1. The first-order valence-electron chi connectivity index (χ1n) is 8.10. The molecule has 1 aliphatic heterocycles. The predicted molar refractivity (Wildman–Crippen MR) is 97.0 cm³/mol. The Kier molecular flexibility index (Phi) is 4.10. The average molecular weight is 345 g/mol. The van der Waals surface area contributed by atoms with E-state index in [1.165, 1.54) is 0 Å². The zero-order chi connectivity index (χ0) is 17.9. The number of nitrogens with one attached hydrogen (secondary N) is 1. The average Bonchev–Trinajstić information content (AvgIpc) is 3.30. The second-order valence-corrected chi connectivity index (χ2v) is 5.73. The molecule has 3 aromatic rings. The Morgan fingerprint density at radius 1 is 1.08 bits per heavy atom. The van der Waals surface area contributed by atoms with Crippen LogP contribution >= 0.6 is 0 Å². The third-order valence-electron chi connectivity index (χ3n) is 3.88. The fourth-order valence-electron chi connectivity index (χ4n) is 2.60. The van der Waals surface area contributed by atoms with Gasteiger partial charge in [0.1, 0.15) is 11.6 Å². The minimum absolute atomic E-state index is 0.234. The minimum Gasteiger partial charge on any atom is -0.441 e. The summed E-state index contributed by atoms with van der Waals surface area (Å²) < 4.78 is 5.63. The standard InChI is InChI=1S/C19H15N5O2/c1-12-17(22-19(26-12)13-7-3-2-4-8-13)18(25)21-16-11-15(23-24-16)14-9-5-6-10-20-14/h2-10H,11H2,1H3,(H,21,24,25). The SMILES string of the molecule is Cc1oc(-c2ccccc2)nc1C(=O)NC1=NN=C(c2ccccn2)C1. The van der Waals surface area contributed by atoms with E-state index in [2.05, 4.69) is 25.5 Å². The zero-order valence-corrected chi connectivity index (χ0v) is 14.0. The van der Waals surface area contributed by atoms with E-state index in [0.29, 0.717) is 29.6 Å². The normalized spacial score (nSPS) is 13.3. The van der Waals surface area contributed by atoms with Gasteiger partial charge in [0.25, 0.3) is 5.91 Å². The highest BCUT2D eigenvalue weighted by atomic mass is 16.4. The molecule has 0 unspecified atom stereocenters. The van der Waals surface area contributed by atoms with E-state index < -0.39 is 0 Å². The summed E-state index contributed by atoms with van der Waals surface area (Å²) in [5.41, 5.74) is 2.50. The van der Waals surface area contributed by atoms with Crippen LogP contribution in [0.5, 0.6) is 0 Å². The molecule has 1 aliphatic rings. The maximum Gasteiger partial charge on any atom is 0.278 e. The number of aryl methyl sites for hydroxylation is 1. The molecule has 4 rings (SSSR count). The van der Waals surface area contributed by atoms with Gasteiger partial charge in [0.2, 0.25) is 5.89 Å². The molecule has 0 spiro atoms. The van der Waals surface area contributed by atoms with Crippen LogP contribution in [0.3, 0.4) is 0 Å². The van der Waals surface area contributed by atoms with Crippen molar-refractivity contribution < 1.29 is 9.21 Å². The Morgan fingerprint density at radius 3 is 2.65 bits per heavy atom. The van der Waals surface area contributed by atoms with Crippen molar-refractivity contribution in [2.75, 3.05) is 0 Å². The lowest BCUT2D eigenvalue weighted by Gasteiger charge is -2.02. The quantitative estimate of drug-likeness (QED) is 0.790. The maximum absolute atomic E-state index is 12.5. The van der Waals surface area contributed by atoms with E-state index in [-0.39, 0.29) is 11.6 Å². The highest BCUT2D eigenvalue weighted by Gasteiger charge is 2.22. The van der Waals surface area contributed by atoms with Gasteiger partial charge in [-0.2, -0.15) is 5.10 Å². The molecule has 1 aromatic carbocycles. The third kappa shape index (κ3) is 3.14. The summed E-state index contributed by atoms with van der Waals surface area (Å²) in [6.07, 6.45) is 2.10. The predicted octanol–water partition coefficient (Wildman–Crippen LogP) is 2.98. The molecule has 7 heteroatoms. The molecule has 2 aromatic heterocycles. The van der Waals surface area contributed by atoms with Crippen molar-refractivity contribution >= 4 is 17.5 Å². The molecular weight excluding hydrogens is 330 g/mol. The molecular formula is C19H15N5O2. The topological polar surface area (TPSA) is 92.7 Å². The number of aromatic nitrogens is 2. The van der Waals surface area contributed by atoms with E-state index in [1.54, 1.807) is 13.1 Å². The van der Waals surface area contributed by atoms with Crippen LogP contribution in [0, 0.1) is 6.92 Å². The van der Waals surface area contributed by atoms with Gasteiger partial charge >= 0.3 is 0 Å². The van der Waals surface area contributed by atoms with Crippen LogP contribution in [0.1, 0.15) is 28.4 Å². The Balaban J connectivity index is 1.46. The Bertz CT molecular complexity index is 1010. The number of carbonyl (C=O) groups is 1. The number of hydrogen-bond donors (Lipinski definition) is 1. The molecule has 0 saturated heterocycles. The second kappa shape index (κ2) is 6.72. The van der Waals surface area contributed by atoms with E-state index in [9.17, 15) is 4.79 Å². The number of pyridine rings is 1. The summed E-state index contributed by atoms with van der Waals surface area (Å²) in [4.78, 5) is 21.1. The molecule has 1 N–H and O–H groups in total. The molecule has 0 bridgehead atoms. The van der Waals surface area contributed by atoms with Gasteiger partial charge in [-0.25, -0.2) is 4.98 Å². The summed E-state index contributed by atoms with van der Waals surface area (Å²) >= 11 is 0. The lowest BCUT2D eigenvalue weighted by Crippen LogP contribution is -2.31. The van der Waals surface area contributed by atoms with Gasteiger partial charge in [-0.3, -0.25) is 9.78 Å². The number of amides is 1. The number of carbonyl (C=O) groups excluding carboxylic acids is 1. The van der Waals surface area contributed by atoms with Crippen molar-refractivity contribution in [3.05, 3.63) is 71.9 Å².